The third-order valence-electron chi connectivity index (χ3n) is 2.95. The summed E-state index contributed by atoms with van der Waals surface area (Å²) in [4.78, 5) is 12.0. The van der Waals surface area contributed by atoms with E-state index in [-0.39, 0.29) is 6.03 Å². The summed E-state index contributed by atoms with van der Waals surface area (Å²) in [6.45, 7) is 3.85. The van der Waals surface area contributed by atoms with Gasteiger partial charge in [-0.25, -0.2) is 4.79 Å². The van der Waals surface area contributed by atoms with Crippen molar-refractivity contribution in [3.05, 3.63) is 57.0 Å². The topological polar surface area (TPSA) is 41.1 Å². The lowest BCUT2D eigenvalue weighted by Gasteiger charge is -2.11. The number of carbonyl (C=O) groups is 1. The second-order valence-electron chi connectivity index (χ2n) is 4.46. The van der Waals surface area contributed by atoms with E-state index in [1.54, 1.807) is 6.07 Å². The molecule has 5 heteroatoms. The van der Waals surface area contributed by atoms with Gasteiger partial charge in [0.25, 0.3) is 0 Å². The Kier molecular flexibility index (Phi) is 4.68. The number of amides is 2. The highest BCUT2D eigenvalue weighted by atomic mass is 79.9. The molecule has 0 unspecified atom stereocenters. The van der Waals surface area contributed by atoms with Crippen LogP contribution in [0.4, 0.5) is 16.2 Å². The number of hydrogen-bond donors (Lipinski definition) is 2. The molecule has 104 valence electrons. The summed E-state index contributed by atoms with van der Waals surface area (Å²) >= 11 is 9.46. The second-order valence-corrected chi connectivity index (χ2v) is 5.72. The number of urea groups is 1. The van der Waals surface area contributed by atoms with Gasteiger partial charge in [-0.15, -0.1) is 0 Å². The molecule has 0 atom stereocenters. The van der Waals surface area contributed by atoms with Gasteiger partial charge in [-0.05, 0) is 49.2 Å². The molecule has 3 nitrogen and oxygen atoms in total. The summed E-state index contributed by atoms with van der Waals surface area (Å²) in [6.07, 6.45) is 0. The van der Waals surface area contributed by atoms with Crippen LogP contribution in [0.25, 0.3) is 0 Å². The fourth-order valence-corrected chi connectivity index (χ4v) is 2.24. The van der Waals surface area contributed by atoms with E-state index in [2.05, 4.69) is 26.6 Å². The number of anilines is 2. The zero-order valence-electron chi connectivity index (χ0n) is 11.1. The molecule has 2 rings (SSSR count). The van der Waals surface area contributed by atoms with Crippen molar-refractivity contribution in [2.45, 2.75) is 13.8 Å². The number of aryl methyl sites for hydroxylation is 1. The summed E-state index contributed by atoms with van der Waals surface area (Å²) < 4.78 is 0.952. The SMILES string of the molecule is Cc1ccc(NC(=O)Nc2cccc(Br)c2C)cc1Cl. The lowest BCUT2D eigenvalue weighted by atomic mass is 10.2. The number of nitrogens with one attached hydrogen (secondary N) is 2. The van der Waals surface area contributed by atoms with Crippen molar-refractivity contribution < 1.29 is 4.79 Å². The van der Waals surface area contributed by atoms with Crippen LogP contribution < -0.4 is 10.6 Å². The highest BCUT2D eigenvalue weighted by molar-refractivity contribution is 9.10. The highest BCUT2D eigenvalue weighted by Crippen LogP contribution is 2.24. The van der Waals surface area contributed by atoms with Gasteiger partial charge >= 0.3 is 6.03 Å². The number of rotatable bonds is 2. The van der Waals surface area contributed by atoms with Gasteiger partial charge in [-0.2, -0.15) is 0 Å². The Hall–Kier alpha value is -1.52. The predicted molar refractivity (Wildman–Crippen MR) is 87.7 cm³/mol. The first-order valence-corrected chi connectivity index (χ1v) is 7.24. The first kappa shape index (κ1) is 14.9. The van der Waals surface area contributed by atoms with Crippen LogP contribution in [0.3, 0.4) is 0 Å². The fraction of sp³-hybridized carbons (Fsp3) is 0.133. The Morgan fingerprint density at radius 1 is 1.15 bits per heavy atom. The van der Waals surface area contributed by atoms with Crippen molar-refractivity contribution >= 4 is 44.9 Å². The van der Waals surface area contributed by atoms with Crippen LogP contribution in [0, 0.1) is 13.8 Å². The average molecular weight is 354 g/mol. The lowest BCUT2D eigenvalue weighted by Crippen LogP contribution is -2.20. The molecule has 0 spiro atoms. The van der Waals surface area contributed by atoms with E-state index in [9.17, 15) is 4.79 Å². The number of benzene rings is 2. The van der Waals surface area contributed by atoms with E-state index in [1.807, 2.05) is 44.2 Å². The molecule has 2 amide bonds. The minimum Gasteiger partial charge on any atom is -0.308 e. The van der Waals surface area contributed by atoms with Gasteiger partial charge in [0.05, 0.1) is 0 Å². The molecule has 0 aliphatic heterocycles. The van der Waals surface area contributed by atoms with E-state index in [4.69, 9.17) is 11.6 Å². The molecular formula is C15H14BrClN2O. The van der Waals surface area contributed by atoms with Gasteiger partial charge in [0.2, 0.25) is 0 Å². The summed E-state index contributed by atoms with van der Waals surface area (Å²) in [5.74, 6) is 0. The van der Waals surface area contributed by atoms with E-state index in [0.29, 0.717) is 10.7 Å². The van der Waals surface area contributed by atoms with Crippen LogP contribution in [0.1, 0.15) is 11.1 Å². The van der Waals surface area contributed by atoms with Crippen LogP contribution in [-0.2, 0) is 0 Å². The Balaban J connectivity index is 2.09. The van der Waals surface area contributed by atoms with Gasteiger partial charge in [0.1, 0.15) is 0 Å². The molecule has 0 radical (unpaired) electrons. The minimum absolute atomic E-state index is 0.300. The maximum absolute atomic E-state index is 12.0. The molecule has 0 aliphatic rings. The van der Waals surface area contributed by atoms with E-state index >= 15 is 0 Å². The maximum atomic E-state index is 12.0. The minimum atomic E-state index is -0.300. The van der Waals surface area contributed by atoms with Crippen LogP contribution in [0.5, 0.6) is 0 Å². The molecule has 0 aromatic heterocycles. The third-order valence-corrected chi connectivity index (χ3v) is 4.21. The molecular weight excluding hydrogens is 340 g/mol. The molecule has 2 aromatic carbocycles. The van der Waals surface area contributed by atoms with Crippen molar-refractivity contribution in [1.29, 1.82) is 0 Å². The quantitative estimate of drug-likeness (QED) is 0.749. The fourth-order valence-electron chi connectivity index (χ4n) is 1.70. The molecule has 0 bridgehead atoms. The highest BCUT2D eigenvalue weighted by Gasteiger charge is 2.07. The second kappa shape index (κ2) is 6.29. The molecule has 0 aliphatic carbocycles. The van der Waals surface area contributed by atoms with Gasteiger partial charge in [-0.1, -0.05) is 39.7 Å². The van der Waals surface area contributed by atoms with Crippen molar-refractivity contribution in [2.24, 2.45) is 0 Å². The first-order valence-electron chi connectivity index (χ1n) is 6.06. The smallest absolute Gasteiger partial charge is 0.308 e. The Morgan fingerprint density at radius 2 is 1.90 bits per heavy atom. The summed E-state index contributed by atoms with van der Waals surface area (Å²) in [6, 6.07) is 10.8. The van der Waals surface area contributed by atoms with Gasteiger partial charge < -0.3 is 10.6 Å². The van der Waals surface area contributed by atoms with Crippen molar-refractivity contribution in [3.8, 4) is 0 Å². The number of hydrogen-bond acceptors (Lipinski definition) is 1. The van der Waals surface area contributed by atoms with Crippen molar-refractivity contribution in [3.63, 3.8) is 0 Å². The van der Waals surface area contributed by atoms with Crippen molar-refractivity contribution in [1.82, 2.24) is 0 Å². The maximum Gasteiger partial charge on any atom is 0.323 e. The number of carbonyl (C=O) groups excluding carboxylic acids is 1. The molecule has 0 saturated heterocycles. The normalized spacial score (nSPS) is 10.2. The molecule has 2 N–H and O–H groups in total. The van der Waals surface area contributed by atoms with Crippen molar-refractivity contribution in [2.75, 3.05) is 10.6 Å². The van der Waals surface area contributed by atoms with Crippen LogP contribution >= 0.6 is 27.5 Å². The molecule has 20 heavy (non-hydrogen) atoms. The Morgan fingerprint density at radius 3 is 2.60 bits per heavy atom. The summed E-state index contributed by atoms with van der Waals surface area (Å²) in [7, 11) is 0. The van der Waals surface area contributed by atoms with Crippen LogP contribution in [-0.4, -0.2) is 6.03 Å². The van der Waals surface area contributed by atoms with Gasteiger partial charge in [0.15, 0.2) is 0 Å². The molecule has 0 saturated carbocycles. The number of halogens is 2. The van der Waals surface area contributed by atoms with Crippen LogP contribution in [0.15, 0.2) is 40.9 Å². The van der Waals surface area contributed by atoms with Crippen LogP contribution in [0.2, 0.25) is 5.02 Å². The molecule has 0 fully saturated rings. The summed E-state index contributed by atoms with van der Waals surface area (Å²) in [5, 5.41) is 6.19. The van der Waals surface area contributed by atoms with Gasteiger partial charge in [0, 0.05) is 20.9 Å². The molecule has 2 aromatic rings. The monoisotopic (exact) mass is 352 g/mol. The largest absolute Gasteiger partial charge is 0.323 e. The summed E-state index contributed by atoms with van der Waals surface area (Å²) in [5.41, 5.74) is 3.37. The van der Waals surface area contributed by atoms with Gasteiger partial charge in [-0.3, -0.25) is 0 Å². The lowest BCUT2D eigenvalue weighted by molar-refractivity contribution is 0.262. The third kappa shape index (κ3) is 3.52. The standard InChI is InChI=1S/C15H14BrClN2O/c1-9-6-7-11(8-13(9)17)18-15(20)19-14-5-3-4-12(16)10(14)2/h3-8H,1-2H3,(H2,18,19,20). The van der Waals surface area contributed by atoms with E-state index in [1.165, 1.54) is 0 Å². The zero-order valence-corrected chi connectivity index (χ0v) is 13.5. The molecule has 0 heterocycles. The zero-order chi connectivity index (χ0) is 14.7. The van der Waals surface area contributed by atoms with E-state index < -0.39 is 0 Å². The predicted octanol–water partition coefficient (Wildman–Crippen LogP) is 5.36. The first-order chi connectivity index (χ1) is 9.47. The Labute approximate surface area is 131 Å². The van der Waals surface area contributed by atoms with E-state index in [0.717, 1.165) is 21.3 Å². The average Bonchev–Trinajstić information content (AvgIpc) is 2.39. The Bertz CT molecular complexity index is 658.